The molecule has 5 nitrogen and oxygen atoms in total. The molecule has 5 heteroatoms. The fourth-order valence-electron chi connectivity index (χ4n) is 2.45. The van der Waals surface area contributed by atoms with Crippen molar-refractivity contribution in [2.24, 2.45) is 5.10 Å². The van der Waals surface area contributed by atoms with Gasteiger partial charge in [0.1, 0.15) is 0 Å². The molecule has 0 aromatic heterocycles. The molecule has 0 aliphatic rings. The van der Waals surface area contributed by atoms with Crippen LogP contribution < -0.4 is 14.9 Å². The van der Waals surface area contributed by atoms with Gasteiger partial charge in [-0.1, -0.05) is 54.6 Å². The minimum atomic E-state index is -0.345. The summed E-state index contributed by atoms with van der Waals surface area (Å²) in [6.07, 6.45) is 1.63. The molecule has 0 spiro atoms. The molecule has 0 unspecified atom stereocenters. The minimum Gasteiger partial charge on any atom is -0.493 e. The van der Waals surface area contributed by atoms with Crippen LogP contribution in [0.3, 0.4) is 0 Å². The number of carbonyl (C=O) groups is 1. The monoisotopic (exact) mass is 334 g/mol. The third-order valence-electron chi connectivity index (χ3n) is 3.64. The second kappa shape index (κ2) is 7.97. The van der Waals surface area contributed by atoms with Gasteiger partial charge in [-0.3, -0.25) is 4.79 Å². The number of hydrogen-bond donors (Lipinski definition) is 1. The number of nitrogens with one attached hydrogen (secondary N) is 1. The largest absolute Gasteiger partial charge is 0.493 e. The van der Waals surface area contributed by atoms with Crippen LogP contribution in [0.25, 0.3) is 10.8 Å². The molecule has 0 heterocycles. The van der Waals surface area contributed by atoms with Crippen molar-refractivity contribution >= 4 is 22.9 Å². The lowest BCUT2D eigenvalue weighted by atomic mass is 10.1. The number of para-hydroxylation sites is 2. The van der Waals surface area contributed by atoms with Gasteiger partial charge in [0.25, 0.3) is 5.91 Å². The van der Waals surface area contributed by atoms with Gasteiger partial charge in [-0.05, 0) is 22.9 Å². The molecule has 25 heavy (non-hydrogen) atoms. The highest BCUT2D eigenvalue weighted by molar-refractivity contribution is 5.99. The lowest BCUT2D eigenvalue weighted by Crippen LogP contribution is -2.24. The van der Waals surface area contributed by atoms with Crippen molar-refractivity contribution in [3.63, 3.8) is 0 Å². The lowest BCUT2D eigenvalue weighted by Gasteiger charge is -2.09. The van der Waals surface area contributed by atoms with Crippen molar-refractivity contribution in [2.45, 2.75) is 0 Å². The number of benzene rings is 3. The summed E-state index contributed by atoms with van der Waals surface area (Å²) >= 11 is 0. The summed E-state index contributed by atoms with van der Waals surface area (Å²) in [6, 6.07) is 21.1. The maximum atomic E-state index is 11.9. The Kier molecular flexibility index (Phi) is 5.26. The Balaban J connectivity index is 1.59. The molecule has 0 aliphatic carbocycles. The summed E-state index contributed by atoms with van der Waals surface area (Å²) in [6.45, 7) is -0.146. The molecule has 1 N–H and O–H groups in total. The summed E-state index contributed by atoms with van der Waals surface area (Å²) in [4.78, 5) is 11.9. The molecule has 3 aromatic rings. The zero-order valence-electron chi connectivity index (χ0n) is 13.8. The standard InChI is InChI=1S/C20H18N2O3/c1-24-18-11-4-5-12-19(18)25-14-20(23)22-21-13-16-9-6-8-15-7-2-3-10-17(15)16/h2-13H,14H2,1H3,(H,22,23)/b21-13-. The van der Waals surface area contributed by atoms with E-state index in [1.54, 1.807) is 25.5 Å². The number of nitrogens with zero attached hydrogens (tertiary/aromatic N) is 1. The quantitative estimate of drug-likeness (QED) is 0.555. The number of amides is 1. The van der Waals surface area contributed by atoms with E-state index in [0.717, 1.165) is 16.3 Å². The number of hydrogen-bond acceptors (Lipinski definition) is 4. The van der Waals surface area contributed by atoms with Crippen LogP contribution in [0, 0.1) is 0 Å². The van der Waals surface area contributed by atoms with Crippen molar-refractivity contribution in [2.75, 3.05) is 13.7 Å². The van der Waals surface area contributed by atoms with Crippen molar-refractivity contribution in [3.05, 3.63) is 72.3 Å². The maximum absolute atomic E-state index is 11.9. The fraction of sp³-hybridized carbons (Fsp3) is 0.100. The molecule has 0 bridgehead atoms. The molecule has 0 aliphatic heterocycles. The molecule has 126 valence electrons. The molecule has 0 atom stereocenters. The Bertz CT molecular complexity index is 901. The van der Waals surface area contributed by atoms with Gasteiger partial charge in [-0.25, -0.2) is 5.43 Å². The second-order valence-corrected chi connectivity index (χ2v) is 5.30. The first-order chi connectivity index (χ1) is 12.3. The molecule has 0 saturated heterocycles. The van der Waals surface area contributed by atoms with Crippen LogP contribution in [0.15, 0.2) is 71.8 Å². The highest BCUT2D eigenvalue weighted by Gasteiger charge is 2.06. The maximum Gasteiger partial charge on any atom is 0.277 e. The normalized spacial score (nSPS) is 10.8. The average Bonchev–Trinajstić information content (AvgIpc) is 2.67. The fourth-order valence-corrected chi connectivity index (χ4v) is 2.45. The van der Waals surface area contributed by atoms with Crippen LogP contribution in [0.2, 0.25) is 0 Å². The predicted octanol–water partition coefficient (Wildman–Crippen LogP) is 3.38. The molecule has 0 fully saturated rings. The van der Waals surface area contributed by atoms with Gasteiger partial charge in [0.05, 0.1) is 13.3 Å². The minimum absolute atomic E-state index is 0.146. The van der Waals surface area contributed by atoms with Gasteiger partial charge in [-0.15, -0.1) is 0 Å². The summed E-state index contributed by atoms with van der Waals surface area (Å²) in [5.41, 5.74) is 3.40. The Labute approximate surface area is 145 Å². The van der Waals surface area contributed by atoms with E-state index in [2.05, 4.69) is 10.5 Å². The molecule has 0 radical (unpaired) electrons. The van der Waals surface area contributed by atoms with Crippen LogP contribution in [0.4, 0.5) is 0 Å². The van der Waals surface area contributed by atoms with Crippen molar-refractivity contribution in [1.82, 2.24) is 5.43 Å². The van der Waals surface area contributed by atoms with E-state index in [-0.39, 0.29) is 12.5 Å². The van der Waals surface area contributed by atoms with Gasteiger partial charge in [-0.2, -0.15) is 5.10 Å². The number of methoxy groups -OCH3 is 1. The van der Waals surface area contributed by atoms with Crippen LogP contribution in [-0.4, -0.2) is 25.8 Å². The number of fused-ring (bicyclic) bond motifs is 1. The van der Waals surface area contributed by atoms with Crippen LogP contribution in [-0.2, 0) is 4.79 Å². The molecule has 3 rings (SSSR count). The SMILES string of the molecule is COc1ccccc1OCC(=O)N/N=C\c1cccc2ccccc12. The Morgan fingerprint density at radius 3 is 2.56 bits per heavy atom. The van der Waals surface area contributed by atoms with Crippen LogP contribution in [0.5, 0.6) is 11.5 Å². The summed E-state index contributed by atoms with van der Waals surface area (Å²) in [7, 11) is 1.55. The zero-order valence-corrected chi connectivity index (χ0v) is 13.8. The van der Waals surface area contributed by atoms with Gasteiger partial charge < -0.3 is 9.47 Å². The highest BCUT2D eigenvalue weighted by atomic mass is 16.5. The van der Waals surface area contributed by atoms with E-state index in [0.29, 0.717) is 11.5 Å². The second-order valence-electron chi connectivity index (χ2n) is 5.30. The van der Waals surface area contributed by atoms with E-state index >= 15 is 0 Å². The molecule has 0 saturated carbocycles. The summed E-state index contributed by atoms with van der Waals surface area (Å²) in [5, 5.41) is 6.21. The predicted molar refractivity (Wildman–Crippen MR) is 98.2 cm³/mol. The topological polar surface area (TPSA) is 59.9 Å². The third-order valence-corrected chi connectivity index (χ3v) is 3.64. The smallest absolute Gasteiger partial charge is 0.277 e. The highest BCUT2D eigenvalue weighted by Crippen LogP contribution is 2.25. The van der Waals surface area contributed by atoms with Gasteiger partial charge in [0, 0.05) is 5.56 Å². The van der Waals surface area contributed by atoms with Crippen molar-refractivity contribution < 1.29 is 14.3 Å². The number of rotatable bonds is 6. The Hall–Kier alpha value is -3.34. The van der Waals surface area contributed by atoms with Crippen molar-refractivity contribution in [3.8, 4) is 11.5 Å². The molecular formula is C20H18N2O3. The first-order valence-electron chi connectivity index (χ1n) is 7.83. The number of carbonyl (C=O) groups excluding carboxylic acids is 1. The first-order valence-corrected chi connectivity index (χ1v) is 7.83. The average molecular weight is 334 g/mol. The summed E-state index contributed by atoms with van der Waals surface area (Å²) in [5.74, 6) is 0.745. The lowest BCUT2D eigenvalue weighted by molar-refractivity contribution is -0.123. The zero-order chi connectivity index (χ0) is 17.5. The van der Waals surface area contributed by atoms with E-state index in [1.165, 1.54) is 0 Å². The Morgan fingerprint density at radius 1 is 1.00 bits per heavy atom. The van der Waals surface area contributed by atoms with Gasteiger partial charge in [0.2, 0.25) is 0 Å². The summed E-state index contributed by atoms with van der Waals surface area (Å²) < 4.78 is 10.6. The number of ether oxygens (including phenoxy) is 2. The van der Waals surface area contributed by atoms with E-state index < -0.39 is 0 Å². The third kappa shape index (κ3) is 4.14. The van der Waals surface area contributed by atoms with E-state index in [1.807, 2.05) is 54.6 Å². The Morgan fingerprint density at radius 2 is 1.72 bits per heavy atom. The van der Waals surface area contributed by atoms with Crippen LogP contribution >= 0.6 is 0 Å². The van der Waals surface area contributed by atoms with Gasteiger partial charge >= 0.3 is 0 Å². The first kappa shape index (κ1) is 16.5. The molecule has 3 aromatic carbocycles. The van der Waals surface area contributed by atoms with Crippen molar-refractivity contribution in [1.29, 1.82) is 0 Å². The molecular weight excluding hydrogens is 316 g/mol. The number of hydrazone groups is 1. The molecule has 1 amide bonds. The van der Waals surface area contributed by atoms with E-state index in [9.17, 15) is 4.79 Å². The van der Waals surface area contributed by atoms with E-state index in [4.69, 9.17) is 9.47 Å². The van der Waals surface area contributed by atoms with Gasteiger partial charge in [0.15, 0.2) is 18.1 Å². The van der Waals surface area contributed by atoms with Crippen LogP contribution in [0.1, 0.15) is 5.56 Å².